The van der Waals surface area contributed by atoms with E-state index in [0.29, 0.717) is 0 Å². The molecule has 0 fully saturated rings. The number of anilines is 1. The van der Waals surface area contributed by atoms with Gasteiger partial charge in [-0.1, -0.05) is 12.2 Å². The summed E-state index contributed by atoms with van der Waals surface area (Å²) in [6.45, 7) is 4.27. The quantitative estimate of drug-likeness (QED) is 0.609. The van der Waals surface area contributed by atoms with Crippen molar-refractivity contribution in [3.05, 3.63) is 35.7 Å². The fourth-order valence-electron chi connectivity index (χ4n) is 1.68. The maximum atomic E-state index is 13.0. The number of benzene rings is 1. The van der Waals surface area contributed by atoms with E-state index in [2.05, 4.69) is 24.8 Å². The first-order valence-electron chi connectivity index (χ1n) is 4.73. The summed E-state index contributed by atoms with van der Waals surface area (Å²) < 4.78 is 13.0. The lowest BCUT2D eigenvalue weighted by Crippen LogP contribution is -2.41. The second kappa shape index (κ2) is 2.84. The molecule has 0 aromatic heterocycles. The highest BCUT2D eigenvalue weighted by atomic mass is 19.1. The van der Waals surface area contributed by atoms with Gasteiger partial charge in [-0.25, -0.2) is 4.39 Å². The molecule has 1 aromatic carbocycles. The predicted octanol–water partition coefficient (Wildman–Crippen LogP) is 3.07. The van der Waals surface area contributed by atoms with Crippen LogP contribution in [0.2, 0.25) is 0 Å². The maximum Gasteiger partial charge on any atom is 0.123 e. The summed E-state index contributed by atoms with van der Waals surface area (Å²) >= 11 is 0. The number of likely N-dealkylation sites (N-methyl/N-ethyl adjacent to an activating group) is 1. The van der Waals surface area contributed by atoms with Crippen molar-refractivity contribution in [3.63, 3.8) is 0 Å². The van der Waals surface area contributed by atoms with Crippen LogP contribution in [0.1, 0.15) is 19.4 Å². The van der Waals surface area contributed by atoms with Gasteiger partial charge in [0.2, 0.25) is 0 Å². The Morgan fingerprint density at radius 2 is 2.00 bits per heavy atom. The molecule has 1 aliphatic heterocycles. The second-order valence-electron chi connectivity index (χ2n) is 4.25. The first-order chi connectivity index (χ1) is 6.50. The molecule has 1 nitrogen and oxygen atoms in total. The lowest BCUT2D eigenvalue weighted by molar-refractivity contribution is 0.595. The minimum Gasteiger partial charge on any atom is -0.366 e. The molecule has 2 rings (SSSR count). The normalized spacial score (nSPS) is 18.1. The summed E-state index contributed by atoms with van der Waals surface area (Å²) in [6, 6.07) is 4.90. The molecule has 14 heavy (non-hydrogen) atoms. The van der Waals surface area contributed by atoms with Gasteiger partial charge in [-0.2, -0.15) is 0 Å². The predicted molar refractivity (Wildman–Crippen MR) is 57.9 cm³/mol. The van der Waals surface area contributed by atoms with Crippen LogP contribution < -0.4 is 4.90 Å². The number of fused-ring (bicyclic) bond motifs is 1. The van der Waals surface area contributed by atoms with Gasteiger partial charge in [0, 0.05) is 18.3 Å². The second-order valence-corrected chi connectivity index (χ2v) is 4.25. The van der Waals surface area contributed by atoms with Crippen molar-refractivity contribution in [2.45, 2.75) is 19.4 Å². The monoisotopic (exact) mass is 191 g/mol. The van der Waals surface area contributed by atoms with E-state index in [0.717, 1.165) is 11.3 Å². The Morgan fingerprint density at radius 3 is 2.71 bits per heavy atom. The molecule has 2 heteroatoms. The van der Waals surface area contributed by atoms with E-state index < -0.39 is 0 Å². The van der Waals surface area contributed by atoms with Crippen LogP contribution in [0.3, 0.4) is 0 Å². The molecule has 0 bridgehead atoms. The van der Waals surface area contributed by atoms with Gasteiger partial charge in [0.15, 0.2) is 0 Å². The largest absolute Gasteiger partial charge is 0.366 e. The Hall–Kier alpha value is -1.31. The maximum absolute atomic E-state index is 13.0. The molecular weight excluding hydrogens is 177 g/mol. The zero-order valence-electron chi connectivity index (χ0n) is 8.71. The van der Waals surface area contributed by atoms with Crippen molar-refractivity contribution >= 4 is 11.8 Å². The highest BCUT2D eigenvalue weighted by Crippen LogP contribution is 2.33. The molecular formula is C12H14FN. The summed E-state index contributed by atoms with van der Waals surface area (Å²) in [5.74, 6) is -0.179. The molecule has 0 radical (unpaired) electrons. The summed E-state index contributed by atoms with van der Waals surface area (Å²) in [6.07, 6.45) is 4.08. The Labute approximate surface area is 83.9 Å². The summed E-state index contributed by atoms with van der Waals surface area (Å²) in [5, 5.41) is 0. The van der Waals surface area contributed by atoms with E-state index in [4.69, 9.17) is 0 Å². The van der Waals surface area contributed by atoms with Crippen molar-refractivity contribution in [3.8, 4) is 0 Å². The molecule has 0 N–H and O–H groups in total. The van der Waals surface area contributed by atoms with Crippen LogP contribution in [-0.4, -0.2) is 12.6 Å². The van der Waals surface area contributed by atoms with Crippen molar-refractivity contribution in [2.24, 2.45) is 0 Å². The van der Waals surface area contributed by atoms with Crippen LogP contribution in [0, 0.1) is 5.82 Å². The SMILES string of the molecule is CN1c2ccc(F)cc2C=CC1(C)C. The van der Waals surface area contributed by atoms with E-state index in [9.17, 15) is 4.39 Å². The van der Waals surface area contributed by atoms with Gasteiger partial charge in [0.1, 0.15) is 5.82 Å². The third kappa shape index (κ3) is 1.31. The third-order valence-electron chi connectivity index (χ3n) is 2.89. The number of nitrogens with zero attached hydrogens (tertiary/aromatic N) is 1. The highest BCUT2D eigenvalue weighted by molar-refractivity contribution is 5.73. The highest BCUT2D eigenvalue weighted by Gasteiger charge is 2.25. The standard InChI is InChI=1S/C12H14FN/c1-12(2)7-6-9-8-10(13)4-5-11(9)14(12)3/h4-8H,1-3H3. The van der Waals surface area contributed by atoms with Gasteiger partial charge in [0.05, 0.1) is 5.54 Å². The van der Waals surface area contributed by atoms with Gasteiger partial charge < -0.3 is 4.90 Å². The Morgan fingerprint density at radius 1 is 1.29 bits per heavy atom. The molecule has 0 saturated heterocycles. The van der Waals surface area contributed by atoms with Crippen molar-refractivity contribution < 1.29 is 4.39 Å². The molecule has 0 aliphatic carbocycles. The van der Waals surface area contributed by atoms with Crippen molar-refractivity contribution in [2.75, 3.05) is 11.9 Å². The topological polar surface area (TPSA) is 3.24 Å². The molecule has 1 aromatic rings. The molecule has 1 heterocycles. The van der Waals surface area contributed by atoms with Gasteiger partial charge >= 0.3 is 0 Å². The van der Waals surface area contributed by atoms with Gasteiger partial charge in [-0.05, 0) is 32.0 Å². The van der Waals surface area contributed by atoms with E-state index in [1.807, 2.05) is 19.2 Å². The van der Waals surface area contributed by atoms with Crippen LogP contribution in [0.15, 0.2) is 24.3 Å². The molecule has 0 unspecified atom stereocenters. The average Bonchev–Trinajstić information content (AvgIpc) is 2.12. The first kappa shape index (κ1) is 9.25. The lowest BCUT2D eigenvalue weighted by Gasteiger charge is -2.38. The van der Waals surface area contributed by atoms with Crippen LogP contribution in [0.25, 0.3) is 6.08 Å². The number of halogens is 1. The van der Waals surface area contributed by atoms with E-state index in [1.165, 1.54) is 6.07 Å². The van der Waals surface area contributed by atoms with Crippen molar-refractivity contribution in [1.82, 2.24) is 0 Å². The molecule has 0 atom stereocenters. The summed E-state index contributed by atoms with van der Waals surface area (Å²) in [5.41, 5.74) is 2.04. The van der Waals surface area contributed by atoms with Gasteiger partial charge in [0.25, 0.3) is 0 Å². The molecule has 0 spiro atoms. The number of rotatable bonds is 0. The average molecular weight is 191 g/mol. The summed E-state index contributed by atoms with van der Waals surface area (Å²) in [4.78, 5) is 2.15. The van der Waals surface area contributed by atoms with Crippen molar-refractivity contribution in [1.29, 1.82) is 0 Å². The zero-order valence-corrected chi connectivity index (χ0v) is 8.71. The van der Waals surface area contributed by atoms with E-state index >= 15 is 0 Å². The Kier molecular flexibility index (Phi) is 1.88. The van der Waals surface area contributed by atoms with E-state index in [1.54, 1.807) is 6.07 Å². The molecule has 0 saturated carbocycles. The minimum atomic E-state index is -0.179. The smallest absolute Gasteiger partial charge is 0.123 e. The van der Waals surface area contributed by atoms with Crippen LogP contribution in [0.5, 0.6) is 0 Å². The lowest BCUT2D eigenvalue weighted by atomic mass is 9.94. The minimum absolute atomic E-state index is 0.00479. The molecule has 74 valence electrons. The van der Waals surface area contributed by atoms with E-state index in [-0.39, 0.29) is 11.4 Å². The first-order valence-corrected chi connectivity index (χ1v) is 4.73. The third-order valence-corrected chi connectivity index (χ3v) is 2.89. The fourth-order valence-corrected chi connectivity index (χ4v) is 1.68. The van der Waals surface area contributed by atoms with Crippen LogP contribution in [0.4, 0.5) is 10.1 Å². The zero-order chi connectivity index (χ0) is 10.3. The van der Waals surface area contributed by atoms with Gasteiger partial charge in [-0.3, -0.25) is 0 Å². The van der Waals surface area contributed by atoms with Gasteiger partial charge in [-0.15, -0.1) is 0 Å². The number of hydrogen-bond donors (Lipinski definition) is 0. The number of hydrogen-bond acceptors (Lipinski definition) is 1. The Bertz CT molecular complexity index is 393. The molecule has 1 aliphatic rings. The van der Waals surface area contributed by atoms with Crippen LogP contribution >= 0.6 is 0 Å². The molecule has 0 amide bonds. The Balaban J connectivity index is 2.55. The fraction of sp³-hybridized carbons (Fsp3) is 0.333. The van der Waals surface area contributed by atoms with Crippen LogP contribution in [-0.2, 0) is 0 Å². The summed E-state index contributed by atoms with van der Waals surface area (Å²) in [7, 11) is 2.03.